The lowest BCUT2D eigenvalue weighted by Gasteiger charge is -2.14. The Bertz CT molecular complexity index is 1010. The molecule has 0 spiro atoms. The van der Waals surface area contributed by atoms with Gasteiger partial charge in [-0.25, -0.2) is 4.98 Å². The molecule has 152 valence electrons. The molecule has 7 heteroatoms. The van der Waals surface area contributed by atoms with Crippen LogP contribution in [0.2, 0.25) is 5.02 Å². The Morgan fingerprint density at radius 3 is 2.86 bits per heavy atom. The smallest absolute Gasteiger partial charge is 0.270 e. The van der Waals surface area contributed by atoms with E-state index in [1.54, 1.807) is 12.3 Å². The normalized spacial score (nSPS) is 14.4. The van der Waals surface area contributed by atoms with Gasteiger partial charge < -0.3 is 20.0 Å². The van der Waals surface area contributed by atoms with Crippen LogP contribution >= 0.6 is 11.6 Å². The van der Waals surface area contributed by atoms with Crippen LogP contribution in [0, 0.1) is 6.92 Å². The highest BCUT2D eigenvalue weighted by atomic mass is 35.5. The summed E-state index contributed by atoms with van der Waals surface area (Å²) in [6.07, 6.45) is 5.09. The van der Waals surface area contributed by atoms with E-state index in [0.29, 0.717) is 28.7 Å². The summed E-state index contributed by atoms with van der Waals surface area (Å²) in [5, 5.41) is 7.71. The topological polar surface area (TPSA) is 70.4 Å². The highest BCUT2D eigenvalue weighted by Crippen LogP contribution is 2.28. The average Bonchev–Trinajstić information content (AvgIpc) is 3.39. The molecule has 3 aromatic rings. The minimum Gasteiger partial charge on any atom is -0.464 e. The van der Waals surface area contributed by atoms with Gasteiger partial charge in [-0.3, -0.25) is 4.79 Å². The van der Waals surface area contributed by atoms with Crippen LogP contribution in [-0.4, -0.2) is 42.0 Å². The zero-order chi connectivity index (χ0) is 20.2. The van der Waals surface area contributed by atoms with Crippen molar-refractivity contribution in [1.82, 2.24) is 15.2 Å². The molecule has 1 amide bonds. The van der Waals surface area contributed by atoms with E-state index in [-0.39, 0.29) is 5.91 Å². The molecule has 0 aliphatic carbocycles. The molecule has 3 heterocycles. The zero-order valence-corrected chi connectivity index (χ0v) is 17.3. The molecular formula is C22H25ClN4O2. The number of furan rings is 1. The molecule has 2 aromatic heterocycles. The number of halogens is 1. The van der Waals surface area contributed by atoms with E-state index < -0.39 is 0 Å². The Labute approximate surface area is 175 Å². The second-order valence-corrected chi connectivity index (χ2v) is 7.84. The van der Waals surface area contributed by atoms with Crippen molar-refractivity contribution in [2.24, 2.45) is 0 Å². The third kappa shape index (κ3) is 4.71. The fourth-order valence-electron chi connectivity index (χ4n) is 3.59. The number of anilines is 2. The maximum atomic E-state index is 12.6. The number of likely N-dealkylation sites (tertiary alicyclic amines) is 1. The van der Waals surface area contributed by atoms with Crippen molar-refractivity contribution in [3.05, 3.63) is 52.9 Å². The zero-order valence-electron chi connectivity index (χ0n) is 16.5. The molecule has 0 radical (unpaired) electrons. The molecule has 2 N–H and O–H groups in total. The number of hydrogen-bond acceptors (Lipinski definition) is 5. The van der Waals surface area contributed by atoms with Gasteiger partial charge in [0.1, 0.15) is 17.1 Å². The number of benzene rings is 1. The number of pyridine rings is 1. The maximum Gasteiger partial charge on any atom is 0.270 e. The van der Waals surface area contributed by atoms with Gasteiger partial charge in [0.15, 0.2) is 0 Å². The standard InChI is InChI=1S/C22H25ClN4O2/c1-15-5-6-16(13-18(15)23)25-21-17-7-12-29-20(17)14-19(26-21)22(28)24-8-4-11-27-9-2-3-10-27/h5-7,12-14H,2-4,8-11H2,1H3,(H,24,28)(H,25,26). The van der Waals surface area contributed by atoms with Gasteiger partial charge in [0.2, 0.25) is 0 Å². The summed E-state index contributed by atoms with van der Waals surface area (Å²) in [5.74, 6) is 0.369. The van der Waals surface area contributed by atoms with Crippen molar-refractivity contribution in [3.63, 3.8) is 0 Å². The van der Waals surface area contributed by atoms with Gasteiger partial charge in [0, 0.05) is 23.3 Å². The summed E-state index contributed by atoms with van der Waals surface area (Å²) in [6, 6.07) is 9.22. The quantitative estimate of drug-likeness (QED) is 0.548. The van der Waals surface area contributed by atoms with Gasteiger partial charge >= 0.3 is 0 Å². The Balaban J connectivity index is 1.46. The van der Waals surface area contributed by atoms with Crippen LogP contribution in [0.25, 0.3) is 11.0 Å². The molecule has 0 bridgehead atoms. The summed E-state index contributed by atoms with van der Waals surface area (Å²) in [6.45, 7) is 5.94. The number of rotatable bonds is 7. The predicted molar refractivity (Wildman–Crippen MR) is 116 cm³/mol. The van der Waals surface area contributed by atoms with Crippen molar-refractivity contribution >= 4 is 40.0 Å². The lowest BCUT2D eigenvalue weighted by molar-refractivity contribution is 0.0947. The monoisotopic (exact) mass is 412 g/mol. The highest BCUT2D eigenvalue weighted by Gasteiger charge is 2.15. The van der Waals surface area contributed by atoms with E-state index in [9.17, 15) is 4.79 Å². The van der Waals surface area contributed by atoms with Crippen molar-refractivity contribution in [1.29, 1.82) is 0 Å². The van der Waals surface area contributed by atoms with E-state index in [2.05, 4.69) is 20.5 Å². The number of nitrogens with one attached hydrogen (secondary N) is 2. The van der Waals surface area contributed by atoms with Gasteiger partial charge in [-0.1, -0.05) is 17.7 Å². The van der Waals surface area contributed by atoms with Gasteiger partial charge in [0.25, 0.3) is 5.91 Å². The van der Waals surface area contributed by atoms with Crippen molar-refractivity contribution in [2.75, 3.05) is 31.5 Å². The Kier molecular flexibility index (Phi) is 6.02. The molecular weight excluding hydrogens is 388 g/mol. The minimum absolute atomic E-state index is 0.199. The molecule has 0 atom stereocenters. The average molecular weight is 413 g/mol. The highest BCUT2D eigenvalue weighted by molar-refractivity contribution is 6.31. The number of aromatic nitrogens is 1. The molecule has 1 aromatic carbocycles. The molecule has 4 rings (SSSR count). The van der Waals surface area contributed by atoms with Crippen LogP contribution in [0.4, 0.5) is 11.5 Å². The number of carbonyl (C=O) groups is 1. The molecule has 0 saturated carbocycles. The number of nitrogens with zero attached hydrogens (tertiary/aromatic N) is 2. The van der Waals surface area contributed by atoms with Gasteiger partial charge in [-0.15, -0.1) is 0 Å². The summed E-state index contributed by atoms with van der Waals surface area (Å²) in [4.78, 5) is 19.6. The Morgan fingerprint density at radius 2 is 2.07 bits per heavy atom. The molecule has 6 nitrogen and oxygen atoms in total. The predicted octanol–water partition coefficient (Wildman–Crippen LogP) is 4.75. The molecule has 1 saturated heterocycles. The molecule has 0 unspecified atom stereocenters. The summed E-state index contributed by atoms with van der Waals surface area (Å²) >= 11 is 6.23. The fourth-order valence-corrected chi connectivity index (χ4v) is 3.77. The molecule has 1 fully saturated rings. The first-order valence-electron chi connectivity index (χ1n) is 10.0. The summed E-state index contributed by atoms with van der Waals surface area (Å²) < 4.78 is 5.53. The number of hydrogen-bond donors (Lipinski definition) is 2. The number of aryl methyl sites for hydroxylation is 1. The van der Waals surface area contributed by atoms with Crippen molar-refractivity contribution < 1.29 is 9.21 Å². The Morgan fingerprint density at radius 1 is 1.24 bits per heavy atom. The van der Waals surface area contributed by atoms with Crippen LogP contribution in [0.3, 0.4) is 0 Å². The number of fused-ring (bicyclic) bond motifs is 1. The Hall–Kier alpha value is -2.57. The fraction of sp³-hybridized carbons (Fsp3) is 0.364. The first-order valence-corrected chi connectivity index (χ1v) is 10.4. The van der Waals surface area contributed by atoms with Crippen LogP contribution in [0.1, 0.15) is 35.3 Å². The summed E-state index contributed by atoms with van der Waals surface area (Å²) in [5.41, 5.74) is 2.75. The SMILES string of the molecule is Cc1ccc(Nc2nc(C(=O)NCCCN3CCCC3)cc3occc23)cc1Cl. The largest absolute Gasteiger partial charge is 0.464 e. The third-order valence-corrected chi connectivity index (χ3v) is 5.66. The van der Waals surface area contributed by atoms with E-state index in [4.69, 9.17) is 16.0 Å². The van der Waals surface area contributed by atoms with Crippen LogP contribution in [0.5, 0.6) is 0 Å². The van der Waals surface area contributed by atoms with Crippen LogP contribution < -0.4 is 10.6 Å². The van der Waals surface area contributed by atoms with E-state index >= 15 is 0 Å². The second-order valence-electron chi connectivity index (χ2n) is 7.44. The lowest BCUT2D eigenvalue weighted by atomic mass is 10.2. The minimum atomic E-state index is -0.199. The first-order chi connectivity index (χ1) is 14.1. The van der Waals surface area contributed by atoms with Gasteiger partial charge in [-0.05, 0) is 69.6 Å². The number of carbonyl (C=O) groups excluding carboxylic acids is 1. The molecule has 1 aliphatic rings. The van der Waals surface area contributed by atoms with Crippen LogP contribution in [-0.2, 0) is 0 Å². The molecule has 1 aliphatic heterocycles. The van der Waals surface area contributed by atoms with Crippen molar-refractivity contribution in [3.8, 4) is 0 Å². The van der Waals surface area contributed by atoms with Gasteiger partial charge in [-0.2, -0.15) is 0 Å². The number of amides is 1. The van der Waals surface area contributed by atoms with E-state index in [1.165, 1.54) is 25.9 Å². The van der Waals surface area contributed by atoms with Crippen LogP contribution in [0.15, 0.2) is 41.0 Å². The van der Waals surface area contributed by atoms with Gasteiger partial charge in [0.05, 0.1) is 11.6 Å². The summed E-state index contributed by atoms with van der Waals surface area (Å²) in [7, 11) is 0. The van der Waals surface area contributed by atoms with Crippen molar-refractivity contribution in [2.45, 2.75) is 26.2 Å². The lowest BCUT2D eigenvalue weighted by Crippen LogP contribution is -2.29. The second kappa shape index (κ2) is 8.84. The maximum absolute atomic E-state index is 12.6. The van der Waals surface area contributed by atoms with E-state index in [1.807, 2.05) is 31.2 Å². The first kappa shape index (κ1) is 19.7. The third-order valence-electron chi connectivity index (χ3n) is 5.25. The van der Waals surface area contributed by atoms with E-state index in [0.717, 1.165) is 29.6 Å². The molecule has 29 heavy (non-hydrogen) atoms.